The number of anilines is 1. The van der Waals surface area contributed by atoms with E-state index < -0.39 is 5.97 Å². The second-order valence-corrected chi connectivity index (χ2v) is 5.28. The number of nitrogens with zero attached hydrogens (tertiary/aromatic N) is 3. The van der Waals surface area contributed by atoms with Crippen molar-refractivity contribution < 1.29 is 14.3 Å². The fourth-order valence-corrected chi connectivity index (χ4v) is 2.48. The van der Waals surface area contributed by atoms with Crippen LogP contribution < -0.4 is 4.90 Å². The number of aromatic nitrogens is 2. The Morgan fingerprint density at radius 3 is 2.73 bits per heavy atom. The molecule has 1 aliphatic heterocycles. The number of methoxy groups -OCH3 is 1. The van der Waals surface area contributed by atoms with Crippen molar-refractivity contribution in [2.24, 2.45) is 0 Å². The van der Waals surface area contributed by atoms with Gasteiger partial charge in [0.25, 0.3) is 0 Å². The first-order chi connectivity index (χ1) is 10.6. The molecule has 114 valence electrons. The number of aryl methyl sites for hydroxylation is 2. The van der Waals surface area contributed by atoms with Gasteiger partial charge in [-0.3, -0.25) is 14.5 Å². The van der Waals surface area contributed by atoms with Gasteiger partial charge in [-0.05, 0) is 6.92 Å². The van der Waals surface area contributed by atoms with E-state index in [1.165, 1.54) is 17.6 Å². The van der Waals surface area contributed by atoms with Gasteiger partial charge in [-0.25, -0.2) is 4.68 Å². The molecule has 0 spiro atoms. The number of rotatable bonds is 3. The molecule has 0 atom stereocenters. The van der Waals surface area contributed by atoms with Crippen molar-refractivity contribution in [1.29, 1.82) is 0 Å². The van der Waals surface area contributed by atoms with Gasteiger partial charge in [0.05, 0.1) is 19.3 Å². The van der Waals surface area contributed by atoms with E-state index in [1.54, 1.807) is 4.68 Å². The van der Waals surface area contributed by atoms with Crippen molar-refractivity contribution in [2.45, 2.75) is 19.9 Å². The lowest BCUT2D eigenvalue weighted by atomic mass is 10.1. The molecule has 1 aromatic heterocycles. The molecular weight excluding hydrogens is 282 g/mol. The van der Waals surface area contributed by atoms with Crippen molar-refractivity contribution in [3.63, 3.8) is 0 Å². The number of benzene rings is 1. The lowest BCUT2D eigenvalue weighted by Crippen LogP contribution is -2.41. The first-order valence-corrected chi connectivity index (χ1v) is 7.10. The van der Waals surface area contributed by atoms with Crippen LogP contribution in [0.25, 0.3) is 11.3 Å². The summed E-state index contributed by atoms with van der Waals surface area (Å²) in [5.74, 6) is 0.102. The maximum atomic E-state index is 12.1. The Kier molecular flexibility index (Phi) is 3.66. The van der Waals surface area contributed by atoms with Crippen molar-refractivity contribution in [3.8, 4) is 11.3 Å². The van der Waals surface area contributed by atoms with Crippen LogP contribution in [0.4, 0.5) is 5.82 Å². The molecule has 3 rings (SSSR count). The van der Waals surface area contributed by atoms with Crippen LogP contribution in [0.1, 0.15) is 12.0 Å². The summed E-state index contributed by atoms with van der Waals surface area (Å²) in [4.78, 5) is 25.0. The lowest BCUT2D eigenvalue weighted by Gasteiger charge is -2.26. The summed E-state index contributed by atoms with van der Waals surface area (Å²) < 4.78 is 6.42. The number of esters is 1. The highest BCUT2D eigenvalue weighted by molar-refractivity contribution is 5.98. The van der Waals surface area contributed by atoms with Crippen LogP contribution in [0.3, 0.4) is 0 Å². The van der Waals surface area contributed by atoms with E-state index in [-0.39, 0.29) is 12.5 Å². The third-order valence-corrected chi connectivity index (χ3v) is 3.74. The van der Waals surface area contributed by atoms with Gasteiger partial charge in [0.1, 0.15) is 12.4 Å². The fraction of sp³-hybridized carbons (Fsp3) is 0.312. The van der Waals surface area contributed by atoms with E-state index in [1.807, 2.05) is 37.3 Å². The van der Waals surface area contributed by atoms with Crippen LogP contribution in [0.2, 0.25) is 0 Å². The molecule has 1 amide bonds. The van der Waals surface area contributed by atoms with Crippen LogP contribution in [0.5, 0.6) is 0 Å². The first-order valence-electron chi connectivity index (χ1n) is 7.10. The largest absolute Gasteiger partial charge is 0.468 e. The zero-order chi connectivity index (χ0) is 15.7. The number of carbonyl (C=O) groups excluding carboxylic acids is 2. The van der Waals surface area contributed by atoms with Gasteiger partial charge in [0, 0.05) is 18.1 Å². The van der Waals surface area contributed by atoms with Crippen molar-refractivity contribution in [1.82, 2.24) is 9.78 Å². The molecule has 1 aliphatic rings. The second-order valence-electron chi connectivity index (χ2n) is 5.28. The van der Waals surface area contributed by atoms with Crippen LogP contribution >= 0.6 is 0 Å². The Morgan fingerprint density at radius 2 is 2.05 bits per heavy atom. The molecule has 6 nitrogen and oxygen atoms in total. The Labute approximate surface area is 128 Å². The smallest absolute Gasteiger partial charge is 0.325 e. The lowest BCUT2D eigenvalue weighted by molar-refractivity contribution is -0.140. The first kappa shape index (κ1) is 14.3. The number of amides is 1. The third kappa shape index (κ3) is 2.59. The fourth-order valence-electron chi connectivity index (χ4n) is 2.48. The highest BCUT2D eigenvalue weighted by atomic mass is 16.5. The summed E-state index contributed by atoms with van der Waals surface area (Å²) in [6.45, 7) is 2.46. The van der Waals surface area contributed by atoms with Crippen molar-refractivity contribution in [3.05, 3.63) is 35.9 Å². The molecule has 2 heterocycles. The van der Waals surface area contributed by atoms with E-state index in [9.17, 15) is 9.59 Å². The molecule has 1 aromatic carbocycles. The molecule has 0 N–H and O–H groups in total. The Morgan fingerprint density at radius 1 is 1.32 bits per heavy atom. The minimum absolute atomic E-state index is 0.0889. The highest BCUT2D eigenvalue weighted by Crippen LogP contribution is 2.28. The molecule has 6 heteroatoms. The Bertz CT molecular complexity index is 719. The Hall–Kier alpha value is -2.63. The van der Waals surface area contributed by atoms with Gasteiger partial charge in [-0.2, -0.15) is 5.10 Å². The van der Waals surface area contributed by atoms with E-state index in [4.69, 9.17) is 0 Å². The molecule has 0 aliphatic carbocycles. The average molecular weight is 299 g/mol. The number of hydrogen-bond donors (Lipinski definition) is 0. The van der Waals surface area contributed by atoms with Gasteiger partial charge in [0.15, 0.2) is 0 Å². The molecule has 0 radical (unpaired) electrons. The monoisotopic (exact) mass is 299 g/mol. The summed E-state index contributed by atoms with van der Waals surface area (Å²) >= 11 is 0. The molecule has 0 saturated heterocycles. The second kappa shape index (κ2) is 5.63. The minimum atomic E-state index is -0.445. The molecule has 0 fully saturated rings. The molecular formula is C16H17N3O3. The Balaban J connectivity index is 1.96. The number of hydrogen-bond acceptors (Lipinski definition) is 4. The summed E-state index contributed by atoms with van der Waals surface area (Å²) in [6, 6.07) is 9.87. The number of fused-ring (bicyclic) bond motifs is 1. The van der Waals surface area contributed by atoms with E-state index in [0.29, 0.717) is 18.8 Å². The molecule has 22 heavy (non-hydrogen) atoms. The van der Waals surface area contributed by atoms with Gasteiger partial charge < -0.3 is 4.74 Å². The minimum Gasteiger partial charge on any atom is -0.468 e. The third-order valence-electron chi connectivity index (χ3n) is 3.74. The van der Waals surface area contributed by atoms with E-state index in [2.05, 4.69) is 9.84 Å². The summed E-state index contributed by atoms with van der Waals surface area (Å²) in [5, 5.41) is 4.54. The average Bonchev–Trinajstić information content (AvgIpc) is 2.95. The highest BCUT2D eigenvalue weighted by Gasteiger charge is 2.28. The predicted molar refractivity (Wildman–Crippen MR) is 81.4 cm³/mol. The maximum absolute atomic E-state index is 12.1. The number of ether oxygens (including phenoxy) is 1. The van der Waals surface area contributed by atoms with E-state index >= 15 is 0 Å². The van der Waals surface area contributed by atoms with Crippen LogP contribution in [-0.2, 0) is 20.9 Å². The molecule has 2 aromatic rings. The van der Waals surface area contributed by atoms with Crippen LogP contribution in [0, 0.1) is 6.92 Å². The van der Waals surface area contributed by atoms with Crippen LogP contribution in [0.15, 0.2) is 30.3 Å². The molecule has 0 unspecified atom stereocenters. The van der Waals surface area contributed by atoms with Crippen molar-refractivity contribution in [2.75, 3.05) is 18.6 Å². The van der Waals surface area contributed by atoms with Gasteiger partial charge in [-0.1, -0.05) is 29.8 Å². The standard InChI is InChI=1S/C16H17N3O3/c1-11-3-5-12(6-4-11)13-9-14-18(10-16(21)22-2)15(20)7-8-19(14)17-13/h3-6,9H,7-8,10H2,1-2H3. The normalized spacial score (nSPS) is 13.9. The van der Waals surface area contributed by atoms with Crippen LogP contribution in [-0.4, -0.2) is 35.3 Å². The van der Waals surface area contributed by atoms with Crippen molar-refractivity contribution >= 4 is 17.7 Å². The zero-order valence-electron chi connectivity index (χ0n) is 12.6. The number of carbonyl (C=O) groups is 2. The van der Waals surface area contributed by atoms with Gasteiger partial charge in [-0.15, -0.1) is 0 Å². The summed E-state index contributed by atoms with van der Waals surface area (Å²) in [7, 11) is 1.31. The van der Waals surface area contributed by atoms with E-state index in [0.717, 1.165) is 11.3 Å². The van der Waals surface area contributed by atoms with Gasteiger partial charge >= 0.3 is 5.97 Å². The molecule has 0 bridgehead atoms. The predicted octanol–water partition coefficient (Wildman–Crippen LogP) is 1.77. The SMILES string of the molecule is COC(=O)CN1C(=O)CCn2nc(-c3ccc(C)cc3)cc21. The summed E-state index contributed by atoms with van der Waals surface area (Å²) in [6.07, 6.45) is 0.332. The summed E-state index contributed by atoms with van der Waals surface area (Å²) in [5.41, 5.74) is 2.95. The quantitative estimate of drug-likeness (QED) is 0.810. The molecule has 0 saturated carbocycles. The van der Waals surface area contributed by atoms with Gasteiger partial charge in [0.2, 0.25) is 5.91 Å². The zero-order valence-corrected chi connectivity index (χ0v) is 12.6. The maximum Gasteiger partial charge on any atom is 0.325 e. The topological polar surface area (TPSA) is 64.4 Å².